The molecule has 0 saturated carbocycles. The molecule has 0 amide bonds. The number of fused-ring (bicyclic) bond motifs is 1. The van der Waals surface area contributed by atoms with Crippen LogP contribution < -0.4 is 0 Å². The predicted octanol–water partition coefficient (Wildman–Crippen LogP) is 3.05. The zero-order valence-corrected chi connectivity index (χ0v) is 10.6. The Labute approximate surface area is 118 Å². The standard InChI is InChI=1S/C16H8F2O3/c17-11-6-9-10(7-12(11)18)15(19)14(16(20)21)13(9)8-4-2-1-3-5-8/h1-7H,(H,20,21). The molecule has 0 aliphatic heterocycles. The highest BCUT2D eigenvalue weighted by atomic mass is 19.2. The van der Waals surface area contributed by atoms with Gasteiger partial charge in [-0.3, -0.25) is 4.79 Å². The molecule has 0 radical (unpaired) electrons. The van der Waals surface area contributed by atoms with E-state index in [1.165, 1.54) is 0 Å². The molecule has 0 fully saturated rings. The van der Waals surface area contributed by atoms with Crippen LogP contribution in [0.25, 0.3) is 5.57 Å². The van der Waals surface area contributed by atoms with E-state index < -0.39 is 29.0 Å². The van der Waals surface area contributed by atoms with Crippen LogP contribution in [0.2, 0.25) is 0 Å². The van der Waals surface area contributed by atoms with Crippen LogP contribution in [0.1, 0.15) is 21.5 Å². The van der Waals surface area contributed by atoms with Crippen molar-refractivity contribution in [3.05, 3.63) is 76.4 Å². The molecule has 0 aromatic heterocycles. The molecule has 0 unspecified atom stereocenters. The van der Waals surface area contributed by atoms with Gasteiger partial charge in [0.05, 0.1) is 0 Å². The summed E-state index contributed by atoms with van der Waals surface area (Å²) in [5, 5.41) is 9.26. The maximum absolute atomic E-state index is 13.5. The molecular formula is C16H8F2O3. The molecule has 0 saturated heterocycles. The fourth-order valence-electron chi connectivity index (χ4n) is 2.43. The number of Topliss-reactive ketones (excluding diaryl/α,β-unsaturated/α-hetero) is 1. The van der Waals surface area contributed by atoms with Crippen LogP contribution in [0.15, 0.2) is 48.0 Å². The summed E-state index contributed by atoms with van der Waals surface area (Å²) in [6, 6.07) is 9.90. The van der Waals surface area contributed by atoms with E-state index in [-0.39, 0.29) is 16.7 Å². The third-order valence-corrected chi connectivity index (χ3v) is 3.33. The van der Waals surface area contributed by atoms with Crippen molar-refractivity contribution >= 4 is 17.3 Å². The summed E-state index contributed by atoms with van der Waals surface area (Å²) >= 11 is 0. The van der Waals surface area contributed by atoms with Gasteiger partial charge in [-0.25, -0.2) is 13.6 Å². The Morgan fingerprint density at radius 2 is 1.52 bits per heavy atom. The molecule has 0 bridgehead atoms. The molecule has 0 spiro atoms. The number of carbonyl (C=O) groups excluding carboxylic acids is 1. The number of hydrogen-bond acceptors (Lipinski definition) is 2. The number of aliphatic carboxylic acids is 1. The summed E-state index contributed by atoms with van der Waals surface area (Å²) in [4.78, 5) is 23.5. The van der Waals surface area contributed by atoms with Crippen molar-refractivity contribution in [2.24, 2.45) is 0 Å². The molecule has 1 aliphatic carbocycles. The summed E-state index contributed by atoms with van der Waals surface area (Å²) in [5.41, 5.74) is 0.0730. The van der Waals surface area contributed by atoms with Gasteiger partial charge in [0, 0.05) is 11.1 Å². The minimum Gasteiger partial charge on any atom is -0.478 e. The van der Waals surface area contributed by atoms with Gasteiger partial charge in [-0.05, 0) is 23.3 Å². The SMILES string of the molecule is O=C(O)C1=C(c2ccccc2)c2cc(F)c(F)cc2C1=O. The Kier molecular flexibility index (Phi) is 2.90. The van der Waals surface area contributed by atoms with Crippen LogP contribution in [0, 0.1) is 11.6 Å². The fourth-order valence-corrected chi connectivity index (χ4v) is 2.43. The maximum atomic E-state index is 13.5. The summed E-state index contributed by atoms with van der Waals surface area (Å²) in [7, 11) is 0. The van der Waals surface area contributed by atoms with Gasteiger partial charge in [-0.15, -0.1) is 0 Å². The number of hydrogen-bond donors (Lipinski definition) is 1. The van der Waals surface area contributed by atoms with Gasteiger partial charge in [-0.1, -0.05) is 30.3 Å². The Bertz CT molecular complexity index is 808. The number of carboxylic acid groups (broad SMARTS) is 1. The van der Waals surface area contributed by atoms with Crippen LogP contribution in [-0.4, -0.2) is 16.9 Å². The molecule has 0 heterocycles. The fraction of sp³-hybridized carbons (Fsp3) is 0. The topological polar surface area (TPSA) is 54.4 Å². The van der Waals surface area contributed by atoms with Crippen molar-refractivity contribution < 1.29 is 23.5 Å². The van der Waals surface area contributed by atoms with Crippen LogP contribution in [-0.2, 0) is 4.79 Å². The Morgan fingerprint density at radius 1 is 0.952 bits per heavy atom. The summed E-state index contributed by atoms with van der Waals surface area (Å²) in [6.07, 6.45) is 0. The lowest BCUT2D eigenvalue weighted by atomic mass is 9.97. The largest absolute Gasteiger partial charge is 0.478 e. The highest BCUT2D eigenvalue weighted by Gasteiger charge is 2.35. The molecule has 0 atom stereocenters. The number of benzene rings is 2. The number of ketones is 1. The van der Waals surface area contributed by atoms with E-state index in [0.29, 0.717) is 5.56 Å². The van der Waals surface area contributed by atoms with E-state index in [2.05, 4.69) is 0 Å². The van der Waals surface area contributed by atoms with Gasteiger partial charge in [0.15, 0.2) is 11.6 Å². The number of rotatable bonds is 2. The predicted molar refractivity (Wildman–Crippen MR) is 70.8 cm³/mol. The van der Waals surface area contributed by atoms with Gasteiger partial charge >= 0.3 is 5.97 Å². The van der Waals surface area contributed by atoms with Crippen molar-refractivity contribution in [2.75, 3.05) is 0 Å². The first-order valence-corrected chi connectivity index (χ1v) is 6.08. The zero-order valence-electron chi connectivity index (χ0n) is 10.6. The first kappa shape index (κ1) is 13.2. The van der Waals surface area contributed by atoms with Gasteiger partial charge < -0.3 is 5.11 Å². The Hall–Kier alpha value is -2.82. The molecule has 3 nitrogen and oxygen atoms in total. The second-order valence-corrected chi connectivity index (χ2v) is 4.56. The number of carbonyl (C=O) groups is 2. The van der Waals surface area contributed by atoms with Crippen molar-refractivity contribution in [2.45, 2.75) is 0 Å². The van der Waals surface area contributed by atoms with Gasteiger partial charge in [0.2, 0.25) is 5.78 Å². The third kappa shape index (κ3) is 1.94. The smallest absolute Gasteiger partial charge is 0.340 e. The zero-order chi connectivity index (χ0) is 15.1. The van der Waals surface area contributed by atoms with Crippen LogP contribution >= 0.6 is 0 Å². The molecule has 5 heteroatoms. The van der Waals surface area contributed by atoms with Crippen LogP contribution in [0.5, 0.6) is 0 Å². The molecular weight excluding hydrogens is 278 g/mol. The van der Waals surface area contributed by atoms with Crippen molar-refractivity contribution in [3.8, 4) is 0 Å². The normalized spacial score (nSPS) is 13.5. The molecule has 21 heavy (non-hydrogen) atoms. The summed E-state index contributed by atoms with van der Waals surface area (Å²) in [5.74, 6) is -4.53. The molecule has 104 valence electrons. The minimum atomic E-state index is -1.42. The maximum Gasteiger partial charge on any atom is 0.340 e. The second kappa shape index (κ2) is 4.63. The lowest BCUT2D eigenvalue weighted by Crippen LogP contribution is -2.09. The van der Waals surface area contributed by atoms with Crippen molar-refractivity contribution in [1.82, 2.24) is 0 Å². The van der Waals surface area contributed by atoms with E-state index in [9.17, 15) is 23.5 Å². The first-order valence-electron chi connectivity index (χ1n) is 6.08. The van der Waals surface area contributed by atoms with Gasteiger partial charge in [0.25, 0.3) is 0 Å². The van der Waals surface area contributed by atoms with Crippen molar-refractivity contribution in [1.29, 1.82) is 0 Å². The van der Waals surface area contributed by atoms with Gasteiger partial charge in [0.1, 0.15) is 5.57 Å². The average Bonchev–Trinajstić information content (AvgIpc) is 2.74. The van der Waals surface area contributed by atoms with Crippen molar-refractivity contribution in [3.63, 3.8) is 0 Å². The first-order chi connectivity index (χ1) is 10.0. The molecule has 2 aromatic rings. The molecule has 1 aliphatic rings. The minimum absolute atomic E-state index is 0.0995. The summed E-state index contributed by atoms with van der Waals surface area (Å²) < 4.78 is 26.8. The van der Waals surface area contributed by atoms with Crippen LogP contribution in [0.4, 0.5) is 8.78 Å². The van der Waals surface area contributed by atoms with E-state index in [1.54, 1.807) is 30.3 Å². The van der Waals surface area contributed by atoms with Crippen LogP contribution in [0.3, 0.4) is 0 Å². The highest BCUT2D eigenvalue weighted by molar-refractivity contribution is 6.34. The molecule has 1 N–H and O–H groups in total. The average molecular weight is 286 g/mol. The third-order valence-electron chi connectivity index (χ3n) is 3.33. The second-order valence-electron chi connectivity index (χ2n) is 4.56. The van der Waals surface area contributed by atoms with E-state index in [0.717, 1.165) is 12.1 Å². The lowest BCUT2D eigenvalue weighted by Gasteiger charge is -2.06. The molecule has 2 aromatic carbocycles. The monoisotopic (exact) mass is 286 g/mol. The highest BCUT2D eigenvalue weighted by Crippen LogP contribution is 2.38. The summed E-state index contributed by atoms with van der Waals surface area (Å²) in [6.45, 7) is 0. The Morgan fingerprint density at radius 3 is 2.10 bits per heavy atom. The quantitative estimate of drug-likeness (QED) is 0.863. The van der Waals surface area contributed by atoms with E-state index in [1.807, 2.05) is 0 Å². The lowest BCUT2D eigenvalue weighted by molar-refractivity contribution is -0.132. The van der Waals surface area contributed by atoms with E-state index >= 15 is 0 Å². The Balaban J connectivity index is 2.35. The molecule has 3 rings (SSSR count). The van der Waals surface area contributed by atoms with Gasteiger partial charge in [-0.2, -0.15) is 0 Å². The number of halogens is 2. The number of carboxylic acids is 1. The van der Waals surface area contributed by atoms with E-state index in [4.69, 9.17) is 0 Å².